The zero-order valence-electron chi connectivity index (χ0n) is 23.2. The number of nitrogens with zero attached hydrogens (tertiary/aromatic N) is 3. The van der Waals surface area contributed by atoms with Gasteiger partial charge in [-0.2, -0.15) is 0 Å². The lowest BCUT2D eigenvalue weighted by molar-refractivity contribution is 0.0988. The minimum atomic E-state index is -0.868. The number of Topliss-reactive ketones (excluding diaryl/α,β-unsaturated/α-hetero) is 1. The molecule has 1 amide bonds. The van der Waals surface area contributed by atoms with Gasteiger partial charge in [-0.3, -0.25) is 9.59 Å². The van der Waals surface area contributed by atoms with E-state index in [1.54, 1.807) is 48.7 Å². The molecule has 0 spiro atoms. The lowest BCUT2D eigenvalue weighted by atomic mass is 10.0. The molecular formula is C31H30ClF2N5O3. The average Bonchev–Trinajstić information content (AvgIpc) is 2.98. The number of hydrogen-bond donors (Lipinski definition) is 2. The number of halogens is 3. The molecule has 0 radical (unpaired) electrons. The van der Waals surface area contributed by atoms with Crippen LogP contribution in [0.4, 0.5) is 26.1 Å². The van der Waals surface area contributed by atoms with E-state index in [0.29, 0.717) is 40.0 Å². The predicted octanol–water partition coefficient (Wildman–Crippen LogP) is 6.43. The van der Waals surface area contributed by atoms with Crippen LogP contribution in [0, 0.1) is 0 Å². The summed E-state index contributed by atoms with van der Waals surface area (Å²) >= 11 is 6.36. The Morgan fingerprint density at radius 1 is 0.976 bits per heavy atom. The third-order valence-electron chi connectivity index (χ3n) is 6.20. The van der Waals surface area contributed by atoms with E-state index in [9.17, 15) is 18.4 Å². The minimum absolute atomic E-state index is 0.0153. The van der Waals surface area contributed by atoms with Gasteiger partial charge in [0.25, 0.3) is 5.91 Å². The van der Waals surface area contributed by atoms with Crippen LogP contribution < -0.4 is 15.4 Å². The van der Waals surface area contributed by atoms with Gasteiger partial charge in [-0.05, 0) is 67.7 Å². The van der Waals surface area contributed by atoms with Crippen LogP contribution in [0.5, 0.6) is 5.75 Å². The van der Waals surface area contributed by atoms with Crippen molar-refractivity contribution < 1.29 is 23.1 Å². The van der Waals surface area contributed by atoms with Gasteiger partial charge in [0.05, 0.1) is 17.1 Å². The van der Waals surface area contributed by atoms with Gasteiger partial charge < -0.3 is 20.3 Å². The van der Waals surface area contributed by atoms with Crippen molar-refractivity contribution in [1.29, 1.82) is 0 Å². The number of aromatic nitrogens is 2. The van der Waals surface area contributed by atoms with Crippen LogP contribution >= 0.6 is 11.6 Å². The predicted molar refractivity (Wildman–Crippen MR) is 159 cm³/mol. The number of ether oxygens (including phenoxy) is 1. The van der Waals surface area contributed by atoms with E-state index in [4.69, 9.17) is 16.3 Å². The lowest BCUT2D eigenvalue weighted by Gasteiger charge is -2.13. The molecule has 0 aliphatic rings. The summed E-state index contributed by atoms with van der Waals surface area (Å²) in [4.78, 5) is 36.6. The fourth-order valence-electron chi connectivity index (χ4n) is 3.99. The number of amides is 1. The Balaban J connectivity index is 1.40. The first-order chi connectivity index (χ1) is 20.2. The molecular weight excluding hydrogens is 564 g/mol. The SMILES string of the molecule is CN(C)CCOc1ccc(Nc2nccc(CC(=O)c3cccc(NC(=O)c4cc(CF)ccc4CF)c3)n2)cc1Cl. The smallest absolute Gasteiger partial charge is 0.256 e. The fourth-order valence-corrected chi connectivity index (χ4v) is 4.22. The molecule has 0 atom stereocenters. The van der Waals surface area contributed by atoms with Gasteiger partial charge in [0.2, 0.25) is 5.95 Å². The minimum Gasteiger partial charge on any atom is -0.491 e. The van der Waals surface area contributed by atoms with Crippen molar-refractivity contribution >= 4 is 40.6 Å². The molecule has 4 rings (SSSR count). The van der Waals surface area contributed by atoms with Crippen LogP contribution in [0.25, 0.3) is 0 Å². The molecule has 0 aliphatic heterocycles. The molecule has 218 valence electrons. The molecule has 0 bridgehead atoms. The summed E-state index contributed by atoms with van der Waals surface area (Å²) in [5.41, 5.74) is 2.29. The van der Waals surface area contributed by atoms with E-state index in [2.05, 4.69) is 20.6 Å². The number of benzene rings is 3. The van der Waals surface area contributed by atoms with Gasteiger partial charge in [-0.25, -0.2) is 18.7 Å². The van der Waals surface area contributed by atoms with Gasteiger partial charge in [-0.1, -0.05) is 35.9 Å². The summed E-state index contributed by atoms with van der Waals surface area (Å²) in [6.45, 7) is -0.384. The number of carbonyl (C=O) groups excluding carboxylic acids is 2. The zero-order chi connectivity index (χ0) is 30.1. The Morgan fingerprint density at radius 3 is 2.55 bits per heavy atom. The van der Waals surface area contributed by atoms with Gasteiger partial charge in [0.15, 0.2) is 5.78 Å². The van der Waals surface area contributed by atoms with E-state index in [0.717, 1.165) is 6.54 Å². The second-order valence-corrected chi connectivity index (χ2v) is 10.1. The first kappa shape index (κ1) is 30.5. The normalized spacial score (nSPS) is 10.9. The molecule has 1 heterocycles. The Morgan fingerprint density at radius 2 is 1.81 bits per heavy atom. The highest BCUT2D eigenvalue weighted by atomic mass is 35.5. The van der Waals surface area contributed by atoms with E-state index < -0.39 is 19.3 Å². The highest BCUT2D eigenvalue weighted by Gasteiger charge is 2.15. The number of rotatable bonds is 13. The highest BCUT2D eigenvalue weighted by molar-refractivity contribution is 6.32. The first-order valence-corrected chi connectivity index (χ1v) is 13.5. The summed E-state index contributed by atoms with van der Waals surface area (Å²) in [5.74, 6) is 0.0286. The summed E-state index contributed by atoms with van der Waals surface area (Å²) in [6.07, 6.45) is 1.53. The van der Waals surface area contributed by atoms with Crippen LogP contribution in [-0.4, -0.2) is 53.8 Å². The number of alkyl halides is 2. The number of anilines is 3. The third kappa shape index (κ3) is 8.31. The van der Waals surface area contributed by atoms with Gasteiger partial charge in [0.1, 0.15) is 25.7 Å². The van der Waals surface area contributed by atoms with Crippen molar-refractivity contribution in [1.82, 2.24) is 14.9 Å². The van der Waals surface area contributed by atoms with E-state index >= 15 is 0 Å². The van der Waals surface area contributed by atoms with Crippen LogP contribution in [0.2, 0.25) is 5.02 Å². The van der Waals surface area contributed by atoms with Crippen molar-refractivity contribution in [2.24, 2.45) is 0 Å². The van der Waals surface area contributed by atoms with Crippen molar-refractivity contribution in [3.05, 3.63) is 106 Å². The molecule has 11 heteroatoms. The van der Waals surface area contributed by atoms with E-state index in [1.807, 2.05) is 19.0 Å². The van der Waals surface area contributed by atoms with Gasteiger partial charge in [0, 0.05) is 35.2 Å². The topological polar surface area (TPSA) is 96.5 Å². The Hall–Kier alpha value is -4.41. The van der Waals surface area contributed by atoms with E-state index in [-0.39, 0.29) is 34.8 Å². The average molecular weight is 594 g/mol. The maximum atomic E-state index is 13.4. The van der Waals surface area contributed by atoms with E-state index in [1.165, 1.54) is 24.3 Å². The summed E-state index contributed by atoms with van der Waals surface area (Å²) in [5, 5.41) is 6.19. The largest absolute Gasteiger partial charge is 0.491 e. The highest BCUT2D eigenvalue weighted by Crippen LogP contribution is 2.29. The standard InChI is InChI=1S/C31H30ClF2N5O3/c1-39(2)12-13-42-29-9-8-24(16-27(29)32)37-31-35-11-10-25(38-31)17-28(40)21-4-3-5-23(15-21)36-30(41)26-14-20(18-33)6-7-22(26)19-34/h3-11,14-16H,12-13,17-19H2,1-2H3,(H,36,41)(H,35,37,38). The Kier molecular flexibility index (Phi) is 10.5. The molecule has 1 aromatic heterocycles. The van der Waals surface area contributed by atoms with Crippen molar-refractivity contribution in [2.75, 3.05) is 37.9 Å². The number of nitrogens with one attached hydrogen (secondary N) is 2. The first-order valence-electron chi connectivity index (χ1n) is 13.1. The third-order valence-corrected chi connectivity index (χ3v) is 6.49. The molecule has 3 aromatic carbocycles. The monoisotopic (exact) mass is 593 g/mol. The van der Waals surface area contributed by atoms with Crippen LogP contribution in [0.1, 0.15) is 37.5 Å². The Bertz CT molecular complexity index is 1570. The number of ketones is 1. The molecule has 42 heavy (non-hydrogen) atoms. The van der Waals surface area contributed by atoms with Gasteiger partial charge in [-0.15, -0.1) is 0 Å². The summed E-state index contributed by atoms with van der Waals surface area (Å²) in [6, 6.07) is 17.4. The second-order valence-electron chi connectivity index (χ2n) is 9.69. The van der Waals surface area contributed by atoms with Gasteiger partial charge >= 0.3 is 0 Å². The maximum Gasteiger partial charge on any atom is 0.256 e. The number of carbonyl (C=O) groups is 2. The van der Waals surface area contributed by atoms with Crippen molar-refractivity contribution in [3.63, 3.8) is 0 Å². The fraction of sp³-hybridized carbons (Fsp3) is 0.226. The number of likely N-dealkylation sites (N-methyl/N-ethyl adjacent to an activating group) is 1. The van der Waals surface area contributed by atoms with Crippen LogP contribution in [-0.2, 0) is 19.8 Å². The molecule has 8 nitrogen and oxygen atoms in total. The van der Waals surface area contributed by atoms with Crippen LogP contribution in [0.3, 0.4) is 0 Å². The maximum absolute atomic E-state index is 13.4. The molecule has 4 aromatic rings. The van der Waals surface area contributed by atoms with Crippen molar-refractivity contribution in [3.8, 4) is 5.75 Å². The number of hydrogen-bond acceptors (Lipinski definition) is 7. The quantitative estimate of drug-likeness (QED) is 0.172. The van der Waals surface area contributed by atoms with Crippen LogP contribution in [0.15, 0.2) is 72.9 Å². The summed E-state index contributed by atoms with van der Waals surface area (Å²) in [7, 11) is 3.92. The summed E-state index contributed by atoms with van der Waals surface area (Å²) < 4.78 is 32.2. The molecule has 2 N–H and O–H groups in total. The molecule has 0 unspecified atom stereocenters. The zero-order valence-corrected chi connectivity index (χ0v) is 23.9. The Labute approximate surface area is 247 Å². The molecule has 0 fully saturated rings. The van der Waals surface area contributed by atoms with Crippen molar-refractivity contribution in [2.45, 2.75) is 19.8 Å². The molecule has 0 saturated heterocycles. The molecule has 0 saturated carbocycles. The molecule has 0 aliphatic carbocycles. The lowest BCUT2D eigenvalue weighted by Crippen LogP contribution is -2.19. The second kappa shape index (κ2) is 14.5.